The molecule has 1 amide bonds. The highest BCUT2D eigenvalue weighted by Gasteiger charge is 2.35. The quantitative estimate of drug-likeness (QED) is 0.620. The van der Waals surface area contributed by atoms with E-state index in [-0.39, 0.29) is 18.1 Å². The van der Waals surface area contributed by atoms with Gasteiger partial charge in [-0.05, 0) is 32.1 Å². The summed E-state index contributed by atoms with van der Waals surface area (Å²) in [7, 11) is 1.67. The van der Waals surface area contributed by atoms with Gasteiger partial charge in [-0.1, -0.05) is 13.8 Å². The molecule has 1 saturated heterocycles. The molecular formula is C15H30N2O3. The van der Waals surface area contributed by atoms with Crippen molar-refractivity contribution in [1.29, 1.82) is 0 Å². The van der Waals surface area contributed by atoms with Gasteiger partial charge < -0.3 is 14.4 Å². The van der Waals surface area contributed by atoms with Crippen molar-refractivity contribution in [3.8, 4) is 0 Å². The maximum absolute atomic E-state index is 12.3. The Bertz CT molecular complexity index is 284. The van der Waals surface area contributed by atoms with Gasteiger partial charge in [-0.15, -0.1) is 0 Å². The van der Waals surface area contributed by atoms with Gasteiger partial charge in [0.1, 0.15) is 0 Å². The highest BCUT2D eigenvalue weighted by atomic mass is 16.5. The normalized spacial score (nSPS) is 23.1. The number of carbonyl (C=O) groups excluding carboxylic acids is 1. The summed E-state index contributed by atoms with van der Waals surface area (Å²) in [5.41, 5.74) is 0. The predicted octanol–water partition coefficient (Wildman–Crippen LogP) is 1.62. The molecule has 5 heteroatoms. The van der Waals surface area contributed by atoms with Crippen LogP contribution in [0.25, 0.3) is 0 Å². The average molecular weight is 286 g/mol. The van der Waals surface area contributed by atoms with Crippen LogP contribution in [-0.4, -0.2) is 56.5 Å². The third-order valence-corrected chi connectivity index (χ3v) is 3.57. The molecule has 1 N–H and O–H groups in total. The second-order valence-corrected chi connectivity index (χ2v) is 5.87. The number of amides is 1. The van der Waals surface area contributed by atoms with E-state index in [1.54, 1.807) is 7.11 Å². The van der Waals surface area contributed by atoms with Crippen LogP contribution in [0.15, 0.2) is 0 Å². The van der Waals surface area contributed by atoms with Crippen LogP contribution < -0.4 is 5.32 Å². The first-order valence-corrected chi connectivity index (χ1v) is 7.69. The first-order chi connectivity index (χ1) is 9.56. The Labute approximate surface area is 123 Å². The maximum Gasteiger partial charge on any atom is 0.241 e. The Morgan fingerprint density at radius 2 is 2.00 bits per heavy atom. The van der Waals surface area contributed by atoms with Crippen molar-refractivity contribution in [2.75, 3.05) is 33.5 Å². The number of nitrogens with zero attached hydrogens (tertiary/aromatic N) is 1. The van der Waals surface area contributed by atoms with Crippen LogP contribution in [-0.2, 0) is 14.3 Å². The van der Waals surface area contributed by atoms with Gasteiger partial charge in [-0.3, -0.25) is 10.1 Å². The van der Waals surface area contributed by atoms with E-state index in [0.29, 0.717) is 19.1 Å². The molecule has 20 heavy (non-hydrogen) atoms. The van der Waals surface area contributed by atoms with Gasteiger partial charge in [0, 0.05) is 20.3 Å². The third kappa shape index (κ3) is 5.77. The highest BCUT2D eigenvalue weighted by Crippen LogP contribution is 2.17. The van der Waals surface area contributed by atoms with Crippen LogP contribution in [0.5, 0.6) is 0 Å². The molecule has 0 aromatic heterocycles. The van der Waals surface area contributed by atoms with Crippen molar-refractivity contribution < 1.29 is 14.3 Å². The monoisotopic (exact) mass is 286 g/mol. The van der Waals surface area contributed by atoms with E-state index in [1.807, 2.05) is 4.90 Å². The zero-order chi connectivity index (χ0) is 15.0. The second kappa shape index (κ2) is 9.32. The molecule has 1 rings (SSSR count). The average Bonchev–Trinajstić information content (AvgIpc) is 2.64. The van der Waals surface area contributed by atoms with Crippen LogP contribution in [0, 0.1) is 5.92 Å². The van der Waals surface area contributed by atoms with Crippen molar-refractivity contribution in [2.45, 2.75) is 52.2 Å². The Kier molecular flexibility index (Phi) is 8.11. The Morgan fingerprint density at radius 3 is 2.65 bits per heavy atom. The van der Waals surface area contributed by atoms with Gasteiger partial charge in [0.2, 0.25) is 5.91 Å². The summed E-state index contributed by atoms with van der Waals surface area (Å²) in [6.07, 6.45) is 3.04. The molecule has 0 radical (unpaired) electrons. The number of ether oxygens (including phenoxy) is 2. The second-order valence-electron chi connectivity index (χ2n) is 5.87. The van der Waals surface area contributed by atoms with Gasteiger partial charge in [-0.25, -0.2) is 0 Å². The standard InChI is InChI=1S/C15H30N2O3/c1-12(2)11-14-15(18)17(13(3)16-14)7-5-6-8-20-10-9-19-4/h12-14,16H,5-11H2,1-4H3. The topological polar surface area (TPSA) is 50.8 Å². The predicted molar refractivity (Wildman–Crippen MR) is 79.5 cm³/mol. The van der Waals surface area contributed by atoms with Gasteiger partial charge in [0.25, 0.3) is 0 Å². The molecular weight excluding hydrogens is 256 g/mol. The summed E-state index contributed by atoms with van der Waals surface area (Å²) in [4.78, 5) is 14.2. The molecule has 0 saturated carbocycles. The molecule has 1 fully saturated rings. The molecule has 1 aliphatic rings. The molecule has 5 nitrogen and oxygen atoms in total. The van der Waals surface area contributed by atoms with Crippen molar-refractivity contribution in [3.63, 3.8) is 0 Å². The fourth-order valence-electron chi connectivity index (χ4n) is 2.52. The minimum Gasteiger partial charge on any atom is -0.382 e. The van der Waals surface area contributed by atoms with E-state index in [1.165, 1.54) is 0 Å². The van der Waals surface area contributed by atoms with Crippen LogP contribution >= 0.6 is 0 Å². The van der Waals surface area contributed by atoms with Crippen molar-refractivity contribution in [2.24, 2.45) is 5.92 Å². The minimum atomic E-state index is 0.00273. The Morgan fingerprint density at radius 1 is 1.25 bits per heavy atom. The maximum atomic E-state index is 12.3. The van der Waals surface area contributed by atoms with E-state index in [4.69, 9.17) is 9.47 Å². The fraction of sp³-hybridized carbons (Fsp3) is 0.933. The SMILES string of the molecule is COCCOCCCCN1C(=O)C(CC(C)C)NC1C. The van der Waals surface area contributed by atoms with Crippen molar-refractivity contribution in [1.82, 2.24) is 10.2 Å². The van der Waals surface area contributed by atoms with E-state index in [0.717, 1.165) is 32.4 Å². The number of rotatable bonds is 10. The molecule has 0 aromatic carbocycles. The van der Waals surface area contributed by atoms with Crippen molar-refractivity contribution in [3.05, 3.63) is 0 Å². The Balaban J connectivity index is 2.18. The molecule has 0 bridgehead atoms. The number of methoxy groups -OCH3 is 1. The van der Waals surface area contributed by atoms with E-state index < -0.39 is 0 Å². The van der Waals surface area contributed by atoms with Crippen LogP contribution in [0.2, 0.25) is 0 Å². The highest BCUT2D eigenvalue weighted by molar-refractivity contribution is 5.84. The summed E-state index contributed by atoms with van der Waals surface area (Å²) in [5.74, 6) is 0.796. The number of nitrogens with one attached hydrogen (secondary N) is 1. The van der Waals surface area contributed by atoms with Gasteiger partial charge in [-0.2, -0.15) is 0 Å². The number of unbranched alkanes of at least 4 members (excludes halogenated alkanes) is 1. The molecule has 0 aliphatic carbocycles. The lowest BCUT2D eigenvalue weighted by atomic mass is 10.0. The summed E-state index contributed by atoms with van der Waals surface area (Å²) in [5, 5.41) is 3.38. The summed E-state index contributed by atoms with van der Waals surface area (Å²) >= 11 is 0. The smallest absolute Gasteiger partial charge is 0.241 e. The third-order valence-electron chi connectivity index (χ3n) is 3.57. The molecule has 1 heterocycles. The summed E-state index contributed by atoms with van der Waals surface area (Å²) < 4.78 is 10.3. The van der Waals surface area contributed by atoms with Crippen molar-refractivity contribution >= 4 is 5.91 Å². The molecule has 0 aromatic rings. The first-order valence-electron chi connectivity index (χ1n) is 7.69. The van der Waals surface area contributed by atoms with E-state index in [2.05, 4.69) is 26.1 Å². The van der Waals surface area contributed by atoms with Crippen LogP contribution in [0.4, 0.5) is 0 Å². The van der Waals surface area contributed by atoms with Crippen LogP contribution in [0.3, 0.4) is 0 Å². The molecule has 1 aliphatic heterocycles. The molecule has 0 spiro atoms. The largest absolute Gasteiger partial charge is 0.382 e. The van der Waals surface area contributed by atoms with E-state index in [9.17, 15) is 4.79 Å². The Hall–Kier alpha value is -0.650. The molecule has 2 atom stereocenters. The lowest BCUT2D eigenvalue weighted by molar-refractivity contribution is -0.130. The molecule has 118 valence electrons. The van der Waals surface area contributed by atoms with Gasteiger partial charge >= 0.3 is 0 Å². The lowest BCUT2D eigenvalue weighted by Crippen LogP contribution is -2.35. The summed E-state index contributed by atoms with van der Waals surface area (Å²) in [6.45, 7) is 9.21. The number of carbonyl (C=O) groups is 1. The van der Waals surface area contributed by atoms with Gasteiger partial charge in [0.05, 0.1) is 25.4 Å². The number of hydrogen-bond acceptors (Lipinski definition) is 4. The lowest BCUT2D eigenvalue weighted by Gasteiger charge is -2.20. The van der Waals surface area contributed by atoms with E-state index >= 15 is 0 Å². The van der Waals surface area contributed by atoms with Crippen LogP contribution in [0.1, 0.15) is 40.0 Å². The zero-order valence-electron chi connectivity index (χ0n) is 13.4. The summed E-state index contributed by atoms with van der Waals surface area (Å²) in [6, 6.07) is 0.00273. The number of hydrogen-bond donors (Lipinski definition) is 1. The zero-order valence-corrected chi connectivity index (χ0v) is 13.4. The minimum absolute atomic E-state index is 0.00273. The fourth-order valence-corrected chi connectivity index (χ4v) is 2.52. The first kappa shape index (κ1) is 17.4. The van der Waals surface area contributed by atoms with Gasteiger partial charge in [0.15, 0.2) is 0 Å². The molecule has 2 unspecified atom stereocenters.